The third-order valence-electron chi connectivity index (χ3n) is 2.03. The van der Waals surface area contributed by atoms with Gasteiger partial charge < -0.3 is 4.74 Å². The Labute approximate surface area is 95.6 Å². The molecule has 0 saturated heterocycles. The number of fused-ring (bicyclic) bond motifs is 1. The van der Waals surface area contributed by atoms with Crippen molar-refractivity contribution in [3.63, 3.8) is 0 Å². The highest BCUT2D eigenvalue weighted by molar-refractivity contribution is 8.03. The first-order chi connectivity index (χ1) is 7.76. The SMILES string of the molecule is COC(=O)n1ccc2ccc(SC#N)nc21. The fourth-order valence-electron chi connectivity index (χ4n) is 1.34. The van der Waals surface area contributed by atoms with Crippen LogP contribution in [0.4, 0.5) is 4.79 Å². The highest BCUT2D eigenvalue weighted by Gasteiger charge is 2.10. The lowest BCUT2D eigenvalue weighted by atomic mass is 10.3. The summed E-state index contributed by atoms with van der Waals surface area (Å²) in [7, 11) is 1.31. The molecule has 0 N–H and O–H groups in total. The Morgan fingerprint density at radius 1 is 1.56 bits per heavy atom. The third-order valence-corrected chi connectivity index (χ3v) is 2.56. The second-order valence-corrected chi connectivity index (χ2v) is 3.72. The minimum absolute atomic E-state index is 0.493. The van der Waals surface area contributed by atoms with E-state index in [2.05, 4.69) is 9.72 Å². The molecule has 0 radical (unpaired) electrons. The van der Waals surface area contributed by atoms with Crippen LogP contribution >= 0.6 is 11.8 Å². The molecule has 0 aromatic carbocycles. The Bertz CT molecular complexity index is 585. The largest absolute Gasteiger partial charge is 0.452 e. The van der Waals surface area contributed by atoms with E-state index in [1.54, 1.807) is 24.4 Å². The molecule has 0 aliphatic heterocycles. The highest BCUT2D eigenvalue weighted by Crippen LogP contribution is 2.20. The smallest absolute Gasteiger partial charge is 0.419 e. The Balaban J connectivity index is 2.56. The summed E-state index contributed by atoms with van der Waals surface area (Å²) in [6.07, 6.45) is 1.09. The second kappa shape index (κ2) is 4.24. The summed E-state index contributed by atoms with van der Waals surface area (Å²) in [6, 6.07) is 5.30. The van der Waals surface area contributed by atoms with Gasteiger partial charge in [0.2, 0.25) is 0 Å². The fraction of sp³-hybridized carbons (Fsp3) is 0.100. The first-order valence-electron chi connectivity index (χ1n) is 4.38. The van der Waals surface area contributed by atoms with Crippen LogP contribution in [0.2, 0.25) is 0 Å². The van der Waals surface area contributed by atoms with Gasteiger partial charge in [0.1, 0.15) is 10.4 Å². The van der Waals surface area contributed by atoms with Crippen molar-refractivity contribution in [3.8, 4) is 5.40 Å². The van der Waals surface area contributed by atoms with Crippen molar-refractivity contribution in [2.24, 2.45) is 0 Å². The number of thioether (sulfide) groups is 1. The zero-order chi connectivity index (χ0) is 11.5. The summed E-state index contributed by atoms with van der Waals surface area (Å²) in [5.41, 5.74) is 0.493. The topological polar surface area (TPSA) is 67.9 Å². The first-order valence-corrected chi connectivity index (χ1v) is 5.20. The molecule has 0 aliphatic rings. The van der Waals surface area contributed by atoms with Gasteiger partial charge in [-0.3, -0.25) is 0 Å². The minimum atomic E-state index is -0.499. The molecule has 0 unspecified atom stereocenters. The quantitative estimate of drug-likeness (QED) is 0.558. The fourth-order valence-corrected chi connectivity index (χ4v) is 1.70. The summed E-state index contributed by atoms with van der Waals surface area (Å²) in [5, 5.41) is 11.9. The molecule has 2 heterocycles. The van der Waals surface area contributed by atoms with Crippen LogP contribution in [0.5, 0.6) is 0 Å². The van der Waals surface area contributed by atoms with E-state index in [-0.39, 0.29) is 0 Å². The van der Waals surface area contributed by atoms with Crippen molar-refractivity contribution in [3.05, 3.63) is 24.4 Å². The van der Waals surface area contributed by atoms with Crippen LogP contribution in [-0.2, 0) is 4.74 Å². The van der Waals surface area contributed by atoms with Gasteiger partial charge in [-0.2, -0.15) is 5.26 Å². The summed E-state index contributed by atoms with van der Waals surface area (Å²) in [5.74, 6) is 0. The monoisotopic (exact) mass is 233 g/mol. The van der Waals surface area contributed by atoms with Crippen molar-refractivity contribution >= 4 is 28.9 Å². The summed E-state index contributed by atoms with van der Waals surface area (Å²) in [6.45, 7) is 0. The number of carbonyl (C=O) groups is 1. The molecular formula is C10H7N3O2S. The molecule has 0 saturated carbocycles. The molecule has 6 heteroatoms. The summed E-state index contributed by atoms with van der Waals surface area (Å²) in [4.78, 5) is 15.6. The Hall–Kier alpha value is -2.00. The maximum Gasteiger partial charge on any atom is 0.419 e. The van der Waals surface area contributed by atoms with Crippen molar-refractivity contribution in [1.82, 2.24) is 9.55 Å². The predicted octanol–water partition coefficient (Wildman–Crippen LogP) is 2.22. The number of carbonyl (C=O) groups excluding carboxylic acids is 1. The van der Waals surface area contributed by atoms with Crippen LogP contribution in [0.3, 0.4) is 0 Å². The molecule has 5 nitrogen and oxygen atoms in total. The van der Waals surface area contributed by atoms with Crippen molar-refractivity contribution in [2.75, 3.05) is 7.11 Å². The van der Waals surface area contributed by atoms with Gasteiger partial charge in [-0.05, 0) is 18.2 Å². The van der Waals surface area contributed by atoms with E-state index in [1.807, 2.05) is 5.40 Å². The predicted molar refractivity (Wildman–Crippen MR) is 59.0 cm³/mol. The van der Waals surface area contributed by atoms with E-state index >= 15 is 0 Å². The van der Waals surface area contributed by atoms with Crippen LogP contribution in [0.1, 0.15) is 0 Å². The Morgan fingerprint density at radius 3 is 3.06 bits per heavy atom. The van der Waals surface area contributed by atoms with Crippen LogP contribution in [-0.4, -0.2) is 22.8 Å². The van der Waals surface area contributed by atoms with Crippen molar-refractivity contribution in [1.29, 1.82) is 5.26 Å². The van der Waals surface area contributed by atoms with Crippen LogP contribution < -0.4 is 0 Å². The van der Waals surface area contributed by atoms with E-state index < -0.39 is 6.09 Å². The number of hydrogen-bond donors (Lipinski definition) is 0. The number of pyridine rings is 1. The van der Waals surface area contributed by atoms with Crippen molar-refractivity contribution in [2.45, 2.75) is 5.03 Å². The molecule has 0 bridgehead atoms. The summed E-state index contributed by atoms with van der Waals surface area (Å²) >= 11 is 0.951. The lowest BCUT2D eigenvalue weighted by Gasteiger charge is -2.01. The molecule has 2 aromatic rings. The Kier molecular flexibility index (Phi) is 2.79. The second-order valence-electron chi connectivity index (χ2n) is 2.91. The van der Waals surface area contributed by atoms with Crippen LogP contribution in [0.25, 0.3) is 11.0 Å². The van der Waals surface area contributed by atoms with Crippen LogP contribution in [0, 0.1) is 10.7 Å². The summed E-state index contributed by atoms with van der Waals surface area (Å²) < 4.78 is 5.92. The number of hydrogen-bond acceptors (Lipinski definition) is 5. The van der Waals surface area contributed by atoms with Gasteiger partial charge in [0.25, 0.3) is 0 Å². The van der Waals surface area contributed by atoms with Gasteiger partial charge in [-0.1, -0.05) is 0 Å². The number of thiocyanates is 1. The molecule has 0 atom stereocenters. The van der Waals surface area contributed by atoms with Gasteiger partial charge in [0, 0.05) is 23.3 Å². The number of nitriles is 1. The van der Waals surface area contributed by atoms with Gasteiger partial charge in [-0.25, -0.2) is 14.3 Å². The molecule has 0 amide bonds. The van der Waals surface area contributed by atoms with E-state index in [0.717, 1.165) is 17.1 Å². The van der Waals surface area contributed by atoms with Crippen molar-refractivity contribution < 1.29 is 9.53 Å². The average Bonchev–Trinajstić information content (AvgIpc) is 2.71. The standard InChI is InChI=1S/C10H7N3O2S/c1-15-10(14)13-5-4-7-2-3-8(16-6-11)12-9(7)13/h2-5H,1H3. The van der Waals surface area contributed by atoms with Gasteiger partial charge in [-0.15, -0.1) is 0 Å². The van der Waals surface area contributed by atoms with Gasteiger partial charge in [0.05, 0.1) is 7.11 Å². The zero-order valence-corrected chi connectivity index (χ0v) is 9.19. The number of rotatable bonds is 1. The minimum Gasteiger partial charge on any atom is -0.452 e. The van der Waals surface area contributed by atoms with Gasteiger partial charge >= 0.3 is 6.09 Å². The van der Waals surface area contributed by atoms with E-state index in [9.17, 15) is 4.79 Å². The van der Waals surface area contributed by atoms with E-state index in [4.69, 9.17) is 5.26 Å². The number of aromatic nitrogens is 2. The first kappa shape index (κ1) is 10.5. The zero-order valence-electron chi connectivity index (χ0n) is 8.38. The molecular weight excluding hydrogens is 226 g/mol. The Morgan fingerprint density at radius 2 is 2.38 bits per heavy atom. The van der Waals surface area contributed by atoms with Gasteiger partial charge in [0.15, 0.2) is 5.65 Å². The maximum atomic E-state index is 11.4. The number of methoxy groups -OCH3 is 1. The molecule has 2 rings (SSSR count). The highest BCUT2D eigenvalue weighted by atomic mass is 32.2. The number of ether oxygens (including phenoxy) is 1. The molecule has 0 fully saturated rings. The number of nitrogens with zero attached hydrogens (tertiary/aromatic N) is 3. The lowest BCUT2D eigenvalue weighted by molar-refractivity contribution is 0.174. The maximum absolute atomic E-state index is 11.4. The third kappa shape index (κ3) is 1.73. The van der Waals surface area contributed by atoms with E-state index in [1.165, 1.54) is 11.7 Å². The normalized spacial score (nSPS) is 10.0. The van der Waals surface area contributed by atoms with E-state index in [0.29, 0.717) is 10.7 Å². The average molecular weight is 233 g/mol. The molecule has 16 heavy (non-hydrogen) atoms. The molecule has 2 aromatic heterocycles. The van der Waals surface area contributed by atoms with Crippen LogP contribution in [0.15, 0.2) is 29.4 Å². The molecule has 80 valence electrons. The molecule has 0 spiro atoms. The lowest BCUT2D eigenvalue weighted by Crippen LogP contribution is -2.10. The molecule has 0 aliphatic carbocycles.